The molecule has 3 rings (SSSR count). The van der Waals surface area contributed by atoms with Gasteiger partial charge >= 0.3 is 5.97 Å². The van der Waals surface area contributed by atoms with Crippen molar-refractivity contribution in [2.24, 2.45) is 0 Å². The van der Waals surface area contributed by atoms with Crippen LogP contribution in [-0.4, -0.2) is 15.7 Å². The van der Waals surface area contributed by atoms with Gasteiger partial charge in [0.05, 0.1) is 16.9 Å². The number of carbonyl (C=O) groups is 1. The van der Waals surface area contributed by atoms with Gasteiger partial charge < -0.3 is 4.74 Å². The van der Waals surface area contributed by atoms with Gasteiger partial charge in [-0.05, 0) is 44.0 Å². The van der Waals surface area contributed by atoms with Crippen LogP contribution in [0, 0.1) is 13.8 Å². The molecule has 4 nitrogen and oxygen atoms in total. The van der Waals surface area contributed by atoms with E-state index in [0.717, 1.165) is 29.8 Å². The van der Waals surface area contributed by atoms with E-state index in [-0.39, 0.29) is 5.97 Å². The lowest BCUT2D eigenvalue weighted by Gasteiger charge is -2.09. The molecule has 0 spiro atoms. The van der Waals surface area contributed by atoms with Crippen molar-refractivity contribution in [3.8, 4) is 11.6 Å². The lowest BCUT2D eigenvalue weighted by atomic mass is 10.1. The average molecular weight is 334 g/mol. The molecule has 1 aromatic heterocycles. The highest BCUT2D eigenvalue weighted by Crippen LogP contribution is 2.22. The largest absolute Gasteiger partial charge is 0.404 e. The Bertz CT molecular complexity index is 879. The van der Waals surface area contributed by atoms with Crippen molar-refractivity contribution in [2.45, 2.75) is 33.6 Å². The smallest absolute Gasteiger partial charge is 0.345 e. The molecule has 0 amide bonds. The van der Waals surface area contributed by atoms with Crippen LogP contribution in [0.1, 0.15) is 40.5 Å². The van der Waals surface area contributed by atoms with Crippen LogP contribution in [-0.2, 0) is 6.42 Å². The van der Waals surface area contributed by atoms with E-state index in [9.17, 15) is 4.79 Å². The number of aryl methyl sites for hydroxylation is 3. The van der Waals surface area contributed by atoms with E-state index in [1.165, 1.54) is 5.56 Å². The third-order valence-electron chi connectivity index (χ3n) is 4.07. The molecule has 0 aliphatic rings. The lowest BCUT2D eigenvalue weighted by molar-refractivity contribution is 0.0722. The summed E-state index contributed by atoms with van der Waals surface area (Å²) in [4.78, 5) is 12.6. The molecule has 2 aromatic carbocycles. The SMILES string of the molecule is CCCc1cc(OC(=O)c2ccccc2C)n(-c2ccc(C)cc2)n1. The van der Waals surface area contributed by atoms with Crippen molar-refractivity contribution in [2.75, 3.05) is 0 Å². The van der Waals surface area contributed by atoms with Crippen LogP contribution in [0.3, 0.4) is 0 Å². The standard InChI is InChI=1S/C21H22N2O2/c1-4-7-17-14-20(23(22-17)18-12-10-15(2)11-13-18)25-21(24)19-9-6-5-8-16(19)3/h5-6,8-14H,4,7H2,1-3H3. The number of esters is 1. The molecule has 3 aromatic rings. The summed E-state index contributed by atoms with van der Waals surface area (Å²) in [6.07, 6.45) is 1.82. The predicted molar refractivity (Wildman–Crippen MR) is 98.4 cm³/mol. The van der Waals surface area contributed by atoms with Gasteiger partial charge in [0.15, 0.2) is 0 Å². The fraction of sp³-hybridized carbons (Fsp3) is 0.238. The van der Waals surface area contributed by atoms with E-state index in [4.69, 9.17) is 4.74 Å². The number of carbonyl (C=O) groups excluding carboxylic acids is 1. The maximum absolute atomic E-state index is 12.6. The van der Waals surface area contributed by atoms with Crippen LogP contribution in [0.25, 0.3) is 5.69 Å². The molecule has 0 aliphatic carbocycles. The summed E-state index contributed by atoms with van der Waals surface area (Å²) in [5.41, 5.74) is 4.42. The number of nitrogens with zero attached hydrogens (tertiary/aromatic N) is 2. The lowest BCUT2D eigenvalue weighted by Crippen LogP contribution is -2.13. The molecule has 25 heavy (non-hydrogen) atoms. The minimum absolute atomic E-state index is 0.366. The summed E-state index contributed by atoms with van der Waals surface area (Å²) in [5, 5.41) is 4.61. The first-order chi connectivity index (χ1) is 12.1. The van der Waals surface area contributed by atoms with E-state index in [1.54, 1.807) is 10.7 Å². The summed E-state index contributed by atoms with van der Waals surface area (Å²) >= 11 is 0. The van der Waals surface area contributed by atoms with Gasteiger partial charge in [-0.25, -0.2) is 9.48 Å². The van der Waals surface area contributed by atoms with Gasteiger partial charge in [-0.1, -0.05) is 49.2 Å². The minimum atomic E-state index is -0.366. The van der Waals surface area contributed by atoms with Crippen LogP contribution < -0.4 is 4.74 Å². The fourth-order valence-electron chi connectivity index (χ4n) is 2.68. The van der Waals surface area contributed by atoms with Crippen molar-refractivity contribution in [3.05, 3.63) is 77.0 Å². The van der Waals surface area contributed by atoms with Crippen LogP contribution >= 0.6 is 0 Å². The third kappa shape index (κ3) is 3.79. The normalized spacial score (nSPS) is 10.7. The summed E-state index contributed by atoms with van der Waals surface area (Å²) < 4.78 is 7.38. The maximum atomic E-state index is 12.6. The molecule has 0 fully saturated rings. The molecule has 128 valence electrons. The van der Waals surface area contributed by atoms with Gasteiger partial charge in [0.25, 0.3) is 0 Å². The van der Waals surface area contributed by atoms with Gasteiger partial charge in [0.1, 0.15) is 0 Å². The average Bonchev–Trinajstić information content (AvgIpc) is 2.98. The molecule has 0 bridgehead atoms. The third-order valence-corrected chi connectivity index (χ3v) is 4.07. The van der Waals surface area contributed by atoms with E-state index >= 15 is 0 Å². The molecule has 0 saturated carbocycles. The van der Waals surface area contributed by atoms with Gasteiger partial charge in [-0.2, -0.15) is 5.10 Å². The molecule has 0 N–H and O–H groups in total. The Morgan fingerprint density at radius 2 is 1.80 bits per heavy atom. The van der Waals surface area contributed by atoms with Gasteiger partial charge in [0, 0.05) is 6.07 Å². The summed E-state index contributed by atoms with van der Waals surface area (Å²) in [5.74, 6) is 0.0787. The quantitative estimate of drug-likeness (QED) is 0.637. The topological polar surface area (TPSA) is 44.1 Å². The van der Waals surface area contributed by atoms with Crippen molar-refractivity contribution in [3.63, 3.8) is 0 Å². The molecule has 0 aliphatic heterocycles. The Balaban J connectivity index is 1.95. The number of ether oxygens (including phenoxy) is 1. The highest BCUT2D eigenvalue weighted by molar-refractivity contribution is 5.92. The minimum Gasteiger partial charge on any atom is -0.404 e. The van der Waals surface area contributed by atoms with Crippen LogP contribution in [0.5, 0.6) is 5.88 Å². The first-order valence-corrected chi connectivity index (χ1v) is 8.52. The van der Waals surface area contributed by atoms with E-state index < -0.39 is 0 Å². The number of rotatable bonds is 5. The van der Waals surface area contributed by atoms with E-state index in [2.05, 4.69) is 12.0 Å². The fourth-order valence-corrected chi connectivity index (χ4v) is 2.68. The zero-order valence-corrected chi connectivity index (χ0v) is 14.8. The predicted octanol–water partition coefficient (Wildman–Crippen LogP) is 4.66. The van der Waals surface area contributed by atoms with Crippen molar-refractivity contribution in [1.82, 2.24) is 9.78 Å². The Morgan fingerprint density at radius 1 is 1.08 bits per heavy atom. The number of aromatic nitrogens is 2. The van der Waals surface area contributed by atoms with Gasteiger partial charge in [0.2, 0.25) is 5.88 Å². The number of hydrogen-bond acceptors (Lipinski definition) is 3. The second kappa shape index (κ2) is 7.34. The highest BCUT2D eigenvalue weighted by Gasteiger charge is 2.17. The Morgan fingerprint density at radius 3 is 2.48 bits per heavy atom. The van der Waals surface area contributed by atoms with Crippen LogP contribution in [0.4, 0.5) is 0 Å². The first-order valence-electron chi connectivity index (χ1n) is 8.52. The number of benzene rings is 2. The second-order valence-corrected chi connectivity index (χ2v) is 6.18. The van der Waals surface area contributed by atoms with E-state index in [0.29, 0.717) is 11.4 Å². The zero-order valence-electron chi connectivity index (χ0n) is 14.8. The molecule has 0 saturated heterocycles. The Hall–Kier alpha value is -2.88. The summed E-state index contributed by atoms with van der Waals surface area (Å²) in [6.45, 7) is 6.04. The van der Waals surface area contributed by atoms with Crippen LogP contribution in [0.2, 0.25) is 0 Å². The van der Waals surface area contributed by atoms with Gasteiger partial charge in [-0.3, -0.25) is 0 Å². The molecule has 0 radical (unpaired) electrons. The van der Waals surface area contributed by atoms with Crippen molar-refractivity contribution < 1.29 is 9.53 Å². The summed E-state index contributed by atoms with van der Waals surface area (Å²) in [6, 6.07) is 17.2. The second-order valence-electron chi connectivity index (χ2n) is 6.18. The number of hydrogen-bond donors (Lipinski definition) is 0. The molecule has 4 heteroatoms. The Labute approximate surface area is 148 Å². The Kier molecular flexibility index (Phi) is 4.98. The first kappa shape index (κ1) is 17.0. The highest BCUT2D eigenvalue weighted by atomic mass is 16.5. The van der Waals surface area contributed by atoms with E-state index in [1.807, 2.05) is 62.4 Å². The molecular formula is C21H22N2O2. The monoisotopic (exact) mass is 334 g/mol. The van der Waals surface area contributed by atoms with Crippen molar-refractivity contribution >= 4 is 5.97 Å². The molecular weight excluding hydrogens is 312 g/mol. The molecule has 1 heterocycles. The van der Waals surface area contributed by atoms with Gasteiger partial charge in [-0.15, -0.1) is 0 Å². The van der Waals surface area contributed by atoms with Crippen LogP contribution in [0.15, 0.2) is 54.6 Å². The molecule has 0 atom stereocenters. The maximum Gasteiger partial charge on any atom is 0.345 e. The zero-order chi connectivity index (χ0) is 17.8. The molecule has 0 unspecified atom stereocenters. The summed E-state index contributed by atoms with van der Waals surface area (Å²) in [7, 11) is 0. The van der Waals surface area contributed by atoms with Crippen molar-refractivity contribution in [1.29, 1.82) is 0 Å².